The van der Waals surface area contributed by atoms with Gasteiger partial charge in [-0.15, -0.1) is 0 Å². The van der Waals surface area contributed by atoms with E-state index in [1.165, 1.54) is 0 Å². The van der Waals surface area contributed by atoms with Crippen LogP contribution in [-0.2, 0) is 4.79 Å². The highest BCUT2D eigenvalue weighted by molar-refractivity contribution is 5.76. The lowest BCUT2D eigenvalue weighted by molar-refractivity contribution is -0.122. The van der Waals surface area contributed by atoms with Crippen molar-refractivity contribution in [2.24, 2.45) is 11.1 Å². The Morgan fingerprint density at radius 2 is 1.81 bits per heavy atom. The van der Waals surface area contributed by atoms with Gasteiger partial charge >= 0.3 is 0 Å². The van der Waals surface area contributed by atoms with Crippen molar-refractivity contribution in [3.8, 4) is 0 Å². The van der Waals surface area contributed by atoms with Gasteiger partial charge in [0.2, 0.25) is 5.91 Å². The fourth-order valence-electron chi connectivity index (χ4n) is 1.53. The van der Waals surface area contributed by atoms with Crippen molar-refractivity contribution in [1.82, 2.24) is 5.32 Å². The summed E-state index contributed by atoms with van der Waals surface area (Å²) in [6, 6.07) is -0.785. The monoisotopic (exact) mass is 232 g/mol. The Labute approximate surface area is 97.0 Å². The molecule has 0 aromatic carbocycles. The highest BCUT2D eigenvalue weighted by atomic mass is 16.3. The first-order chi connectivity index (χ1) is 7.28. The van der Waals surface area contributed by atoms with E-state index in [0.29, 0.717) is 0 Å². The third kappa shape index (κ3) is 7.62. The Morgan fingerprint density at radius 3 is 2.19 bits per heavy atom. The number of hydrogen-bond donors (Lipinski definition) is 4. The van der Waals surface area contributed by atoms with Gasteiger partial charge in [-0.05, 0) is 11.8 Å². The van der Waals surface area contributed by atoms with Gasteiger partial charge in [0.05, 0.1) is 19.3 Å². The third-order valence-corrected chi connectivity index (χ3v) is 2.13. The minimum absolute atomic E-state index is 0.0903. The van der Waals surface area contributed by atoms with Gasteiger partial charge < -0.3 is 21.3 Å². The van der Waals surface area contributed by atoms with Gasteiger partial charge in [-0.2, -0.15) is 0 Å². The van der Waals surface area contributed by atoms with Crippen molar-refractivity contribution < 1.29 is 15.0 Å². The molecule has 0 aliphatic rings. The van der Waals surface area contributed by atoms with E-state index in [2.05, 4.69) is 26.1 Å². The maximum Gasteiger partial charge on any atom is 0.221 e. The molecule has 1 unspecified atom stereocenters. The molecule has 0 spiro atoms. The molecule has 1 atom stereocenters. The van der Waals surface area contributed by atoms with Crippen LogP contribution in [0.4, 0.5) is 0 Å². The lowest BCUT2D eigenvalue weighted by Crippen LogP contribution is -2.42. The van der Waals surface area contributed by atoms with Crippen LogP contribution in [0.25, 0.3) is 0 Å². The van der Waals surface area contributed by atoms with E-state index in [4.69, 9.17) is 15.9 Å². The second-order valence-electron chi connectivity index (χ2n) is 5.36. The van der Waals surface area contributed by atoms with Gasteiger partial charge in [0.15, 0.2) is 0 Å². The van der Waals surface area contributed by atoms with E-state index < -0.39 is 6.04 Å². The number of rotatable bonds is 6. The maximum atomic E-state index is 11.5. The minimum atomic E-state index is -0.589. The number of aliphatic hydroxyl groups is 2. The zero-order valence-electron chi connectivity index (χ0n) is 10.4. The smallest absolute Gasteiger partial charge is 0.221 e. The number of hydrogen-bond acceptors (Lipinski definition) is 4. The lowest BCUT2D eigenvalue weighted by atomic mass is 9.87. The van der Waals surface area contributed by atoms with Crippen LogP contribution in [0.3, 0.4) is 0 Å². The predicted molar refractivity (Wildman–Crippen MR) is 62.8 cm³/mol. The minimum Gasteiger partial charge on any atom is -0.394 e. The van der Waals surface area contributed by atoms with Gasteiger partial charge in [-0.1, -0.05) is 20.8 Å². The van der Waals surface area contributed by atoms with Crippen molar-refractivity contribution in [2.45, 2.75) is 45.7 Å². The SMILES string of the molecule is CC(C)(C)CC(N)CC(=O)NC(CO)CO. The maximum absolute atomic E-state index is 11.5. The molecule has 0 fully saturated rings. The molecule has 0 saturated heterocycles. The summed E-state index contributed by atoms with van der Waals surface area (Å²) in [7, 11) is 0. The summed E-state index contributed by atoms with van der Waals surface area (Å²) in [6.45, 7) is 5.66. The van der Waals surface area contributed by atoms with E-state index >= 15 is 0 Å². The molecule has 0 heterocycles. The number of carbonyl (C=O) groups excluding carboxylic acids is 1. The first-order valence-electron chi connectivity index (χ1n) is 5.55. The zero-order chi connectivity index (χ0) is 12.8. The van der Waals surface area contributed by atoms with E-state index in [1.54, 1.807) is 0 Å². The molecule has 0 bridgehead atoms. The Kier molecular flexibility index (Phi) is 6.55. The summed E-state index contributed by atoms with van der Waals surface area (Å²) in [6.07, 6.45) is 0.969. The van der Waals surface area contributed by atoms with Crippen LogP contribution in [0.1, 0.15) is 33.6 Å². The van der Waals surface area contributed by atoms with Crippen LogP contribution in [0, 0.1) is 5.41 Å². The molecule has 0 aromatic heterocycles. The number of nitrogens with two attached hydrogens (primary N) is 1. The Balaban J connectivity index is 3.95. The van der Waals surface area contributed by atoms with Crippen molar-refractivity contribution >= 4 is 5.91 Å². The largest absolute Gasteiger partial charge is 0.394 e. The molecular formula is C11H24N2O3. The average molecular weight is 232 g/mol. The van der Waals surface area contributed by atoms with Gasteiger partial charge in [-0.25, -0.2) is 0 Å². The van der Waals surface area contributed by atoms with Gasteiger partial charge in [0.1, 0.15) is 0 Å². The van der Waals surface area contributed by atoms with Crippen molar-refractivity contribution in [1.29, 1.82) is 0 Å². The van der Waals surface area contributed by atoms with E-state index in [0.717, 1.165) is 6.42 Å². The molecule has 0 saturated carbocycles. The second kappa shape index (κ2) is 6.83. The molecule has 5 N–H and O–H groups in total. The fourth-order valence-corrected chi connectivity index (χ4v) is 1.53. The molecule has 0 radical (unpaired) electrons. The summed E-state index contributed by atoms with van der Waals surface area (Å²) in [5.41, 5.74) is 5.92. The fraction of sp³-hybridized carbons (Fsp3) is 0.909. The third-order valence-electron chi connectivity index (χ3n) is 2.13. The highest BCUT2D eigenvalue weighted by Crippen LogP contribution is 2.20. The topological polar surface area (TPSA) is 95.6 Å². The summed E-state index contributed by atoms with van der Waals surface area (Å²) >= 11 is 0. The average Bonchev–Trinajstić information content (AvgIpc) is 2.10. The second-order valence-corrected chi connectivity index (χ2v) is 5.36. The Hall–Kier alpha value is -0.650. The summed E-state index contributed by atoms with van der Waals surface area (Å²) in [5.74, 6) is -0.232. The van der Waals surface area contributed by atoms with E-state index in [-0.39, 0.29) is 37.0 Å². The first-order valence-corrected chi connectivity index (χ1v) is 5.55. The van der Waals surface area contributed by atoms with E-state index in [9.17, 15) is 4.79 Å². The van der Waals surface area contributed by atoms with Gasteiger partial charge in [-0.3, -0.25) is 4.79 Å². The zero-order valence-corrected chi connectivity index (χ0v) is 10.4. The van der Waals surface area contributed by atoms with Crippen LogP contribution in [0.5, 0.6) is 0 Å². The highest BCUT2D eigenvalue weighted by Gasteiger charge is 2.19. The standard InChI is InChI=1S/C11H24N2O3/c1-11(2,3)5-8(12)4-10(16)13-9(6-14)7-15/h8-9,14-15H,4-7,12H2,1-3H3,(H,13,16). The first kappa shape index (κ1) is 15.3. The lowest BCUT2D eigenvalue weighted by Gasteiger charge is -2.23. The summed E-state index contributed by atoms with van der Waals surface area (Å²) in [5, 5.41) is 20.1. The van der Waals surface area contributed by atoms with Gasteiger partial charge in [0, 0.05) is 12.5 Å². The van der Waals surface area contributed by atoms with Crippen molar-refractivity contribution in [2.75, 3.05) is 13.2 Å². The predicted octanol–water partition coefficient (Wildman–Crippen LogP) is -0.391. The number of nitrogens with one attached hydrogen (secondary N) is 1. The van der Waals surface area contributed by atoms with Crippen LogP contribution in [0.2, 0.25) is 0 Å². The quantitative estimate of drug-likeness (QED) is 0.501. The van der Waals surface area contributed by atoms with Crippen molar-refractivity contribution in [3.05, 3.63) is 0 Å². The summed E-state index contributed by atoms with van der Waals surface area (Å²) < 4.78 is 0. The van der Waals surface area contributed by atoms with Crippen LogP contribution >= 0.6 is 0 Å². The van der Waals surface area contributed by atoms with E-state index in [1.807, 2.05) is 0 Å². The molecular weight excluding hydrogens is 208 g/mol. The molecule has 0 aliphatic heterocycles. The molecule has 0 aliphatic carbocycles. The van der Waals surface area contributed by atoms with Crippen LogP contribution in [-0.4, -0.2) is 41.4 Å². The molecule has 16 heavy (non-hydrogen) atoms. The molecule has 5 nitrogen and oxygen atoms in total. The number of carbonyl (C=O) groups is 1. The molecule has 0 rings (SSSR count). The van der Waals surface area contributed by atoms with Crippen molar-refractivity contribution in [3.63, 3.8) is 0 Å². The Morgan fingerprint density at radius 1 is 1.31 bits per heavy atom. The summed E-state index contributed by atoms with van der Waals surface area (Å²) in [4.78, 5) is 11.5. The van der Waals surface area contributed by atoms with Crippen LogP contribution < -0.4 is 11.1 Å². The molecule has 5 heteroatoms. The van der Waals surface area contributed by atoms with Crippen LogP contribution in [0.15, 0.2) is 0 Å². The number of amides is 1. The number of aliphatic hydroxyl groups excluding tert-OH is 2. The molecule has 0 aromatic rings. The Bertz CT molecular complexity index is 210. The molecule has 96 valence electrons. The normalized spacial score (nSPS) is 13.9. The van der Waals surface area contributed by atoms with Gasteiger partial charge in [0.25, 0.3) is 0 Å². The molecule has 1 amide bonds.